The second-order valence-electron chi connectivity index (χ2n) is 4.31. The Morgan fingerprint density at radius 1 is 1.62 bits per heavy atom. The Morgan fingerprint density at radius 2 is 2.44 bits per heavy atom. The minimum atomic E-state index is 0.0278. The largest absolute Gasteiger partial charge is 0.351 e. The van der Waals surface area contributed by atoms with Crippen LogP contribution in [-0.4, -0.2) is 18.5 Å². The lowest BCUT2D eigenvalue weighted by atomic mass is 10.2. The van der Waals surface area contributed by atoms with Crippen LogP contribution in [0.2, 0.25) is 0 Å². The number of hydrogen-bond donors (Lipinski definition) is 2. The van der Waals surface area contributed by atoms with Gasteiger partial charge in [-0.2, -0.15) is 0 Å². The first kappa shape index (κ1) is 11.6. The second kappa shape index (κ2) is 4.97. The lowest BCUT2D eigenvalue weighted by Gasteiger charge is -2.10. The summed E-state index contributed by atoms with van der Waals surface area (Å²) in [6.45, 7) is 5.83. The Balaban J connectivity index is 1.87. The molecule has 1 fully saturated rings. The third-order valence-electron chi connectivity index (χ3n) is 2.97. The molecular weight excluding hydrogens is 220 g/mol. The molecule has 4 heteroatoms. The van der Waals surface area contributed by atoms with Gasteiger partial charge in [0, 0.05) is 16.3 Å². The maximum absolute atomic E-state index is 11.8. The smallest absolute Gasteiger partial charge is 0.237 e. The number of carbonyl (C=O) groups is 1. The highest BCUT2D eigenvalue weighted by Crippen LogP contribution is 2.20. The van der Waals surface area contributed by atoms with Crippen molar-refractivity contribution in [2.75, 3.05) is 6.54 Å². The average molecular weight is 238 g/mol. The highest BCUT2D eigenvalue weighted by Gasteiger charge is 2.21. The van der Waals surface area contributed by atoms with Crippen molar-refractivity contribution in [3.8, 4) is 0 Å². The summed E-state index contributed by atoms with van der Waals surface area (Å²) in [6, 6.07) is 2.18. The van der Waals surface area contributed by atoms with Gasteiger partial charge in [0.15, 0.2) is 0 Å². The summed E-state index contributed by atoms with van der Waals surface area (Å²) >= 11 is 1.79. The average Bonchev–Trinajstić information content (AvgIpc) is 2.84. The normalized spacial score (nSPS) is 20.0. The van der Waals surface area contributed by atoms with Crippen LogP contribution in [0.3, 0.4) is 0 Å². The molecule has 0 spiro atoms. The van der Waals surface area contributed by atoms with Gasteiger partial charge in [0.2, 0.25) is 5.91 Å². The van der Waals surface area contributed by atoms with Crippen LogP contribution in [0.1, 0.15) is 28.2 Å². The molecule has 1 saturated heterocycles. The number of rotatable bonds is 3. The van der Waals surface area contributed by atoms with E-state index in [1.807, 2.05) is 0 Å². The van der Waals surface area contributed by atoms with Crippen LogP contribution in [0, 0.1) is 13.8 Å². The quantitative estimate of drug-likeness (QED) is 0.842. The van der Waals surface area contributed by atoms with Crippen molar-refractivity contribution < 1.29 is 4.79 Å². The number of nitrogens with one attached hydrogen (secondary N) is 2. The first-order valence-electron chi connectivity index (χ1n) is 5.74. The van der Waals surface area contributed by atoms with Crippen molar-refractivity contribution >= 4 is 17.2 Å². The van der Waals surface area contributed by atoms with E-state index >= 15 is 0 Å². The van der Waals surface area contributed by atoms with E-state index in [-0.39, 0.29) is 11.9 Å². The summed E-state index contributed by atoms with van der Waals surface area (Å²) in [5, 5.41) is 6.20. The van der Waals surface area contributed by atoms with Crippen molar-refractivity contribution in [1.82, 2.24) is 10.6 Å². The molecule has 0 aromatic carbocycles. The summed E-state index contributed by atoms with van der Waals surface area (Å²) in [6.07, 6.45) is 2.07. The van der Waals surface area contributed by atoms with Crippen molar-refractivity contribution in [3.63, 3.8) is 0 Å². The molecule has 0 saturated carbocycles. The van der Waals surface area contributed by atoms with Crippen molar-refractivity contribution in [2.24, 2.45) is 0 Å². The van der Waals surface area contributed by atoms with E-state index in [0.717, 1.165) is 19.4 Å². The topological polar surface area (TPSA) is 41.1 Å². The Kier molecular flexibility index (Phi) is 3.61. The lowest BCUT2D eigenvalue weighted by Crippen LogP contribution is -2.40. The molecule has 0 radical (unpaired) electrons. The zero-order valence-electron chi connectivity index (χ0n) is 9.80. The van der Waals surface area contributed by atoms with Gasteiger partial charge < -0.3 is 10.6 Å². The van der Waals surface area contributed by atoms with Gasteiger partial charge in [-0.05, 0) is 44.9 Å². The Bertz CT molecular complexity index is 380. The van der Waals surface area contributed by atoms with Gasteiger partial charge in [0.25, 0.3) is 0 Å². The van der Waals surface area contributed by atoms with Crippen LogP contribution < -0.4 is 10.6 Å². The van der Waals surface area contributed by atoms with E-state index in [1.165, 1.54) is 15.3 Å². The molecule has 1 atom stereocenters. The number of hydrogen-bond acceptors (Lipinski definition) is 3. The highest BCUT2D eigenvalue weighted by atomic mass is 32.1. The maximum atomic E-state index is 11.8. The van der Waals surface area contributed by atoms with Crippen molar-refractivity contribution in [3.05, 3.63) is 21.4 Å². The molecular formula is C12H18N2OS. The summed E-state index contributed by atoms with van der Waals surface area (Å²) < 4.78 is 0. The van der Waals surface area contributed by atoms with Crippen LogP contribution >= 0.6 is 11.3 Å². The predicted molar refractivity (Wildman–Crippen MR) is 66.7 cm³/mol. The van der Waals surface area contributed by atoms with Gasteiger partial charge in [-0.15, -0.1) is 11.3 Å². The number of amides is 1. The minimum absolute atomic E-state index is 0.0278. The van der Waals surface area contributed by atoms with Gasteiger partial charge in [0.05, 0.1) is 6.04 Å². The zero-order valence-corrected chi connectivity index (χ0v) is 10.6. The van der Waals surface area contributed by atoms with E-state index in [1.54, 1.807) is 11.3 Å². The van der Waals surface area contributed by atoms with Gasteiger partial charge in [-0.1, -0.05) is 0 Å². The fraction of sp³-hybridized carbons (Fsp3) is 0.583. The molecule has 1 aliphatic heterocycles. The monoisotopic (exact) mass is 238 g/mol. The summed E-state index contributed by atoms with van der Waals surface area (Å²) in [7, 11) is 0. The zero-order chi connectivity index (χ0) is 11.5. The summed E-state index contributed by atoms with van der Waals surface area (Å²) in [5.41, 5.74) is 1.24. The molecule has 0 aliphatic carbocycles. The third-order valence-corrected chi connectivity index (χ3v) is 3.98. The molecule has 2 rings (SSSR count). The SMILES string of the molecule is Cc1cc(CNC(=O)[C@@H]2CCCN2)c(C)s1. The van der Waals surface area contributed by atoms with Crippen LogP contribution in [0.15, 0.2) is 6.07 Å². The Morgan fingerprint density at radius 3 is 3.00 bits per heavy atom. The van der Waals surface area contributed by atoms with Gasteiger partial charge in [-0.25, -0.2) is 0 Å². The van der Waals surface area contributed by atoms with E-state index < -0.39 is 0 Å². The maximum Gasteiger partial charge on any atom is 0.237 e. The molecule has 3 nitrogen and oxygen atoms in total. The van der Waals surface area contributed by atoms with E-state index in [0.29, 0.717) is 6.54 Å². The van der Waals surface area contributed by atoms with Gasteiger partial charge >= 0.3 is 0 Å². The lowest BCUT2D eigenvalue weighted by molar-refractivity contribution is -0.122. The van der Waals surface area contributed by atoms with Crippen molar-refractivity contribution in [1.29, 1.82) is 0 Å². The molecule has 88 valence electrons. The summed E-state index contributed by atoms with van der Waals surface area (Å²) in [4.78, 5) is 14.4. The fourth-order valence-electron chi connectivity index (χ4n) is 2.07. The molecule has 1 aromatic heterocycles. The van der Waals surface area contributed by atoms with Crippen LogP contribution in [0.4, 0.5) is 0 Å². The molecule has 2 heterocycles. The molecule has 0 bridgehead atoms. The Labute approximate surface area is 100 Å². The van der Waals surface area contributed by atoms with Crippen LogP contribution in [0.5, 0.6) is 0 Å². The van der Waals surface area contributed by atoms with E-state index in [9.17, 15) is 4.79 Å². The molecule has 1 aliphatic rings. The highest BCUT2D eigenvalue weighted by molar-refractivity contribution is 7.12. The van der Waals surface area contributed by atoms with Crippen LogP contribution in [-0.2, 0) is 11.3 Å². The number of thiophene rings is 1. The Hall–Kier alpha value is -0.870. The first-order valence-corrected chi connectivity index (χ1v) is 6.55. The predicted octanol–water partition coefficient (Wildman–Crippen LogP) is 1.73. The first-order chi connectivity index (χ1) is 7.66. The van der Waals surface area contributed by atoms with Crippen LogP contribution in [0.25, 0.3) is 0 Å². The molecule has 2 N–H and O–H groups in total. The summed E-state index contributed by atoms with van der Waals surface area (Å²) in [5.74, 6) is 0.140. The molecule has 1 aromatic rings. The van der Waals surface area contributed by atoms with E-state index in [2.05, 4.69) is 30.5 Å². The number of carbonyl (C=O) groups excluding carboxylic acids is 1. The standard InChI is InChI=1S/C12H18N2OS/c1-8-6-10(9(2)16-8)7-14-12(15)11-4-3-5-13-11/h6,11,13H,3-5,7H2,1-2H3,(H,14,15)/t11-/m0/s1. The molecule has 16 heavy (non-hydrogen) atoms. The van der Waals surface area contributed by atoms with Gasteiger partial charge in [0.1, 0.15) is 0 Å². The third kappa shape index (κ3) is 2.62. The second-order valence-corrected chi connectivity index (χ2v) is 5.77. The fourth-order valence-corrected chi connectivity index (χ4v) is 3.02. The number of aryl methyl sites for hydroxylation is 2. The van der Waals surface area contributed by atoms with Gasteiger partial charge in [-0.3, -0.25) is 4.79 Å². The minimum Gasteiger partial charge on any atom is -0.351 e. The van der Waals surface area contributed by atoms with Crippen molar-refractivity contribution in [2.45, 2.75) is 39.3 Å². The van der Waals surface area contributed by atoms with E-state index in [4.69, 9.17) is 0 Å². The molecule has 0 unspecified atom stereocenters. The molecule has 1 amide bonds.